The number of hydrogen-bond donors (Lipinski definition) is 0. The largest absolute Gasteiger partial charge is 0.384 e. The molecule has 1 aliphatic heterocycles. The van der Waals surface area contributed by atoms with Gasteiger partial charge in [0.15, 0.2) is 0 Å². The summed E-state index contributed by atoms with van der Waals surface area (Å²) in [7, 11) is 1.72. The molecule has 0 bridgehead atoms. The Morgan fingerprint density at radius 3 is 2.44 bits per heavy atom. The standard InChI is InChI=1S/C16H32O4P2S3/c1-15(2,11-17-5)12-18-21(6)24-9-7-8-10-25-22(23)19-13-16(3,4)14-20-22/h7-8,21H,6,9-14H2,1-5H3/b8-7+. The summed E-state index contributed by atoms with van der Waals surface area (Å²) in [6.45, 7) is 10.2. The van der Waals surface area contributed by atoms with Crippen LogP contribution >= 0.6 is 35.4 Å². The average Bonchev–Trinajstić information content (AvgIpc) is 2.52. The van der Waals surface area contributed by atoms with Crippen LogP contribution in [0.25, 0.3) is 0 Å². The molecule has 0 aromatic rings. The molecule has 0 aromatic heterocycles. The van der Waals surface area contributed by atoms with Crippen LogP contribution in [-0.2, 0) is 30.1 Å². The Morgan fingerprint density at radius 2 is 1.84 bits per heavy atom. The molecule has 1 heterocycles. The van der Waals surface area contributed by atoms with Gasteiger partial charge in [-0.2, -0.15) is 0 Å². The number of ether oxygens (including phenoxy) is 1. The van der Waals surface area contributed by atoms with Crippen molar-refractivity contribution in [3.8, 4) is 0 Å². The van der Waals surface area contributed by atoms with Gasteiger partial charge in [-0.25, -0.2) is 0 Å². The molecule has 1 aliphatic rings. The van der Waals surface area contributed by atoms with Gasteiger partial charge in [0.1, 0.15) is 0 Å². The molecular weight excluding hydrogens is 414 g/mol. The SMILES string of the molecule is C=[PH](OCC(C)(C)COC)SC/C=C/CSP1(=S)OCC(C)(C)CO1. The summed E-state index contributed by atoms with van der Waals surface area (Å²) in [4.78, 5) is 0. The van der Waals surface area contributed by atoms with E-state index in [9.17, 15) is 0 Å². The van der Waals surface area contributed by atoms with Crippen molar-refractivity contribution in [3.63, 3.8) is 0 Å². The maximum absolute atomic E-state index is 5.88. The normalized spacial score (nSPS) is 21.5. The molecule has 0 saturated carbocycles. The molecule has 4 nitrogen and oxygen atoms in total. The van der Waals surface area contributed by atoms with Gasteiger partial charge in [0.25, 0.3) is 0 Å². The molecular formula is C16H32O4P2S3. The zero-order valence-corrected chi connectivity index (χ0v) is 20.3. The number of hydrogen-bond acceptors (Lipinski definition) is 7. The number of rotatable bonds is 11. The molecule has 0 spiro atoms. The second kappa shape index (κ2) is 11.3. The minimum Gasteiger partial charge on any atom is -0.384 e. The summed E-state index contributed by atoms with van der Waals surface area (Å²) in [5.74, 6) is 1.72. The average molecular weight is 447 g/mol. The van der Waals surface area contributed by atoms with Gasteiger partial charge in [0.2, 0.25) is 5.69 Å². The Morgan fingerprint density at radius 1 is 1.24 bits per heavy atom. The third-order valence-corrected chi connectivity index (χ3v) is 11.3. The first-order valence-corrected chi connectivity index (χ1v) is 15.8. The highest BCUT2D eigenvalue weighted by molar-refractivity contribution is 8.68. The monoisotopic (exact) mass is 446 g/mol. The van der Waals surface area contributed by atoms with Crippen LogP contribution in [-0.4, -0.2) is 51.3 Å². The third kappa shape index (κ3) is 11.0. The minimum atomic E-state index is -2.15. The Kier molecular flexibility index (Phi) is 11.0. The summed E-state index contributed by atoms with van der Waals surface area (Å²) in [5.41, 5.74) is -2.05. The van der Waals surface area contributed by atoms with Gasteiger partial charge in [0.05, 0.1) is 26.4 Å². The summed E-state index contributed by atoms with van der Waals surface area (Å²) in [5, 5.41) is 0. The predicted molar refractivity (Wildman–Crippen MR) is 121 cm³/mol. The van der Waals surface area contributed by atoms with E-state index < -0.39 is 12.7 Å². The van der Waals surface area contributed by atoms with Crippen molar-refractivity contribution in [3.05, 3.63) is 12.2 Å². The quantitative estimate of drug-likeness (QED) is 0.308. The van der Waals surface area contributed by atoms with Crippen molar-refractivity contribution in [1.82, 2.24) is 0 Å². The highest BCUT2D eigenvalue weighted by atomic mass is 32.9. The lowest BCUT2D eigenvalue weighted by molar-refractivity contribution is 0.0672. The Labute approximate surface area is 167 Å². The molecule has 0 radical (unpaired) electrons. The summed E-state index contributed by atoms with van der Waals surface area (Å²) in [6.07, 6.45) is 8.40. The third-order valence-electron chi connectivity index (χ3n) is 3.22. The molecule has 0 amide bonds. The van der Waals surface area contributed by atoms with Crippen LogP contribution in [0.4, 0.5) is 0 Å². The van der Waals surface area contributed by atoms with E-state index in [0.717, 1.165) is 11.5 Å². The highest BCUT2D eigenvalue weighted by Gasteiger charge is 2.33. The van der Waals surface area contributed by atoms with Crippen LogP contribution in [0, 0.1) is 10.8 Å². The fraction of sp³-hybridized carbons (Fsp3) is 0.812. The van der Waals surface area contributed by atoms with Gasteiger partial charge >= 0.3 is 0 Å². The first kappa shape index (κ1) is 24.3. The molecule has 0 aromatic carbocycles. The first-order valence-electron chi connectivity index (χ1n) is 8.20. The molecule has 25 heavy (non-hydrogen) atoms. The zero-order chi connectivity index (χ0) is 19.0. The molecule has 1 atom stereocenters. The molecule has 1 fully saturated rings. The summed E-state index contributed by atoms with van der Waals surface area (Å²) in [6, 6.07) is 0. The van der Waals surface area contributed by atoms with Crippen LogP contribution in [0.3, 0.4) is 0 Å². The van der Waals surface area contributed by atoms with E-state index >= 15 is 0 Å². The maximum atomic E-state index is 5.88. The van der Waals surface area contributed by atoms with E-state index in [4.69, 9.17) is 30.1 Å². The first-order chi connectivity index (χ1) is 11.6. The van der Waals surface area contributed by atoms with Gasteiger partial charge in [-0.15, -0.1) is 11.4 Å². The molecule has 1 unspecified atom stereocenters. The second-order valence-electron chi connectivity index (χ2n) is 7.49. The highest BCUT2D eigenvalue weighted by Crippen LogP contribution is 2.64. The molecule has 1 saturated heterocycles. The topological polar surface area (TPSA) is 36.9 Å². The zero-order valence-electron chi connectivity index (χ0n) is 15.9. The molecule has 148 valence electrons. The van der Waals surface area contributed by atoms with Gasteiger partial charge < -0.3 is 18.3 Å². The summed E-state index contributed by atoms with van der Waals surface area (Å²) < 4.78 is 22.7. The van der Waals surface area contributed by atoms with Gasteiger partial charge in [-0.3, -0.25) is 0 Å². The molecule has 1 rings (SSSR count). The van der Waals surface area contributed by atoms with Crippen LogP contribution in [0.15, 0.2) is 12.2 Å². The van der Waals surface area contributed by atoms with Crippen LogP contribution in [0.2, 0.25) is 0 Å². The molecule has 0 N–H and O–H groups in total. The van der Waals surface area contributed by atoms with Crippen molar-refractivity contribution in [1.29, 1.82) is 0 Å². The van der Waals surface area contributed by atoms with Crippen LogP contribution in [0.1, 0.15) is 27.7 Å². The van der Waals surface area contributed by atoms with E-state index in [0.29, 0.717) is 26.4 Å². The Bertz CT molecular complexity index is 496. The fourth-order valence-corrected chi connectivity index (χ4v) is 8.23. The maximum Gasteiger partial charge on any atom is 0.247 e. The fourth-order valence-electron chi connectivity index (χ4n) is 1.82. The summed E-state index contributed by atoms with van der Waals surface area (Å²) >= 11 is 8.91. The van der Waals surface area contributed by atoms with Crippen LogP contribution in [0.5, 0.6) is 0 Å². The molecule has 0 aliphatic carbocycles. The van der Waals surface area contributed by atoms with E-state index in [-0.39, 0.29) is 10.8 Å². The minimum absolute atomic E-state index is 0.0332. The second-order valence-corrected chi connectivity index (χ2v) is 17.7. The van der Waals surface area contributed by atoms with Crippen LogP contribution < -0.4 is 0 Å². The van der Waals surface area contributed by atoms with E-state index in [2.05, 4.69) is 46.1 Å². The smallest absolute Gasteiger partial charge is 0.247 e. The van der Waals surface area contributed by atoms with Crippen molar-refractivity contribution in [2.45, 2.75) is 27.7 Å². The van der Waals surface area contributed by atoms with Crippen molar-refractivity contribution < 1.29 is 18.3 Å². The van der Waals surface area contributed by atoms with Gasteiger partial charge in [-0.05, 0) is 11.8 Å². The van der Waals surface area contributed by atoms with E-state index in [1.165, 1.54) is 0 Å². The predicted octanol–water partition coefficient (Wildman–Crippen LogP) is 5.47. The Balaban J connectivity index is 2.16. The number of methoxy groups -OCH3 is 1. The van der Waals surface area contributed by atoms with E-state index in [1.54, 1.807) is 29.9 Å². The van der Waals surface area contributed by atoms with Crippen molar-refractivity contribution in [2.75, 3.05) is 45.0 Å². The molecule has 9 heteroatoms. The Hall–Kier alpha value is 1.23. The van der Waals surface area contributed by atoms with Gasteiger partial charge in [-0.1, -0.05) is 57.5 Å². The van der Waals surface area contributed by atoms with Crippen molar-refractivity contribution in [2.24, 2.45) is 10.8 Å². The lowest BCUT2D eigenvalue weighted by Gasteiger charge is -2.35. The lowest BCUT2D eigenvalue weighted by atomic mass is 9.97. The van der Waals surface area contributed by atoms with Crippen molar-refractivity contribution >= 4 is 53.5 Å². The van der Waals surface area contributed by atoms with Gasteiger partial charge in [0, 0.05) is 36.4 Å². The van der Waals surface area contributed by atoms with E-state index in [1.807, 2.05) is 0 Å². The lowest BCUT2D eigenvalue weighted by Crippen LogP contribution is -2.28.